The third kappa shape index (κ3) is 5.74. The lowest BCUT2D eigenvalue weighted by atomic mass is 10.00. The second-order valence-electron chi connectivity index (χ2n) is 8.86. The minimum absolute atomic E-state index is 0.0134. The number of nitrogens with zero attached hydrogens (tertiary/aromatic N) is 4. The molecule has 7 nitrogen and oxygen atoms in total. The van der Waals surface area contributed by atoms with Crippen molar-refractivity contribution in [2.45, 2.75) is 39.3 Å². The Morgan fingerprint density at radius 1 is 1.08 bits per heavy atom. The summed E-state index contributed by atoms with van der Waals surface area (Å²) in [5, 5.41) is 3.06. The molecule has 4 rings (SSSR count). The second-order valence-corrected chi connectivity index (χ2v) is 9.84. The summed E-state index contributed by atoms with van der Waals surface area (Å²) >= 11 is 1.64. The molecule has 2 aromatic carbocycles. The molecule has 0 saturated carbocycles. The molecule has 0 atom stereocenters. The van der Waals surface area contributed by atoms with Gasteiger partial charge in [0.15, 0.2) is 0 Å². The fourth-order valence-electron chi connectivity index (χ4n) is 4.71. The van der Waals surface area contributed by atoms with Crippen LogP contribution in [-0.2, 0) is 6.54 Å². The first-order chi connectivity index (χ1) is 17.4. The third-order valence-electron chi connectivity index (χ3n) is 6.70. The molecule has 1 aliphatic heterocycles. The van der Waals surface area contributed by atoms with Gasteiger partial charge in [-0.1, -0.05) is 0 Å². The number of nitrogens with two attached hydrogens (primary N) is 1. The van der Waals surface area contributed by atoms with E-state index in [4.69, 9.17) is 5.73 Å². The number of likely N-dealkylation sites (tertiary alicyclic amines) is 1. The Hall–Kier alpha value is -3.30. The van der Waals surface area contributed by atoms with Gasteiger partial charge in [-0.3, -0.25) is 14.5 Å². The quantitative estimate of drug-likeness (QED) is 0.453. The van der Waals surface area contributed by atoms with E-state index in [-0.39, 0.29) is 17.5 Å². The van der Waals surface area contributed by atoms with E-state index in [0.29, 0.717) is 24.3 Å². The average Bonchev–Trinajstić information content (AvgIpc) is 3.40. The van der Waals surface area contributed by atoms with E-state index in [1.807, 2.05) is 42.5 Å². The maximum atomic E-state index is 15.2. The summed E-state index contributed by atoms with van der Waals surface area (Å²) in [6, 6.07) is 11.5. The third-order valence-corrected chi connectivity index (χ3v) is 7.46. The normalized spacial score (nSPS) is 14.5. The lowest BCUT2D eigenvalue weighted by Gasteiger charge is -2.40. The van der Waals surface area contributed by atoms with Crippen LogP contribution in [0.3, 0.4) is 0 Å². The van der Waals surface area contributed by atoms with E-state index < -0.39 is 11.7 Å². The van der Waals surface area contributed by atoms with Crippen LogP contribution in [0, 0.1) is 5.82 Å². The maximum Gasteiger partial charge on any atom is 0.253 e. The highest BCUT2D eigenvalue weighted by atomic mass is 32.1. The van der Waals surface area contributed by atoms with Crippen molar-refractivity contribution in [1.29, 1.82) is 0 Å². The maximum absolute atomic E-state index is 15.2. The number of aromatic nitrogens is 1. The summed E-state index contributed by atoms with van der Waals surface area (Å²) in [4.78, 5) is 35.1. The molecule has 2 amide bonds. The van der Waals surface area contributed by atoms with Crippen molar-refractivity contribution in [2.75, 3.05) is 31.1 Å². The highest BCUT2D eigenvalue weighted by Gasteiger charge is 2.29. The number of amides is 2. The molecule has 1 aliphatic rings. The van der Waals surface area contributed by atoms with Crippen LogP contribution in [0.25, 0.3) is 0 Å². The first-order valence-electron chi connectivity index (χ1n) is 12.3. The number of carbonyl (C=O) groups is 2. The van der Waals surface area contributed by atoms with Gasteiger partial charge in [0.25, 0.3) is 5.91 Å². The van der Waals surface area contributed by atoms with Gasteiger partial charge < -0.3 is 15.5 Å². The van der Waals surface area contributed by atoms with Gasteiger partial charge in [-0.15, -0.1) is 11.3 Å². The topological polar surface area (TPSA) is 82.8 Å². The number of hydrogen-bond acceptors (Lipinski definition) is 6. The molecule has 0 radical (unpaired) electrons. The fourth-order valence-corrected chi connectivity index (χ4v) is 5.37. The van der Waals surface area contributed by atoms with Crippen LogP contribution in [-0.4, -0.2) is 58.8 Å². The molecule has 1 fully saturated rings. The Labute approximate surface area is 215 Å². The zero-order chi connectivity index (χ0) is 25.7. The molecule has 0 bridgehead atoms. The Balaban J connectivity index is 1.63. The summed E-state index contributed by atoms with van der Waals surface area (Å²) in [6.45, 7) is 7.66. The van der Waals surface area contributed by atoms with Gasteiger partial charge in [0.1, 0.15) is 10.8 Å². The fraction of sp³-hybridized carbons (Fsp3) is 0.370. The van der Waals surface area contributed by atoms with Gasteiger partial charge in [-0.05, 0) is 69.2 Å². The summed E-state index contributed by atoms with van der Waals surface area (Å²) in [5.41, 5.74) is 7.43. The number of carbonyl (C=O) groups excluding carboxylic acids is 2. The summed E-state index contributed by atoms with van der Waals surface area (Å²) < 4.78 is 15.2. The lowest BCUT2D eigenvalue weighted by molar-refractivity contribution is 0.0772. The molecule has 1 aromatic heterocycles. The van der Waals surface area contributed by atoms with Crippen LogP contribution >= 0.6 is 11.3 Å². The van der Waals surface area contributed by atoms with Crippen LogP contribution in [0.5, 0.6) is 0 Å². The number of halogens is 1. The van der Waals surface area contributed by atoms with Crippen molar-refractivity contribution in [1.82, 2.24) is 14.8 Å². The minimum Gasteiger partial charge on any atom is -0.366 e. The molecule has 9 heteroatoms. The molecule has 0 aliphatic carbocycles. The molecule has 0 unspecified atom stereocenters. The van der Waals surface area contributed by atoms with E-state index in [9.17, 15) is 9.59 Å². The van der Waals surface area contributed by atoms with E-state index in [2.05, 4.69) is 9.88 Å². The molecule has 2 heterocycles. The number of thiazole rings is 1. The van der Waals surface area contributed by atoms with Gasteiger partial charge in [0, 0.05) is 60.6 Å². The van der Waals surface area contributed by atoms with Crippen molar-refractivity contribution in [3.63, 3.8) is 0 Å². The van der Waals surface area contributed by atoms with E-state index in [1.54, 1.807) is 28.4 Å². The Morgan fingerprint density at radius 3 is 2.33 bits per heavy atom. The van der Waals surface area contributed by atoms with Crippen molar-refractivity contribution in [2.24, 2.45) is 5.73 Å². The van der Waals surface area contributed by atoms with E-state index in [1.165, 1.54) is 18.2 Å². The van der Waals surface area contributed by atoms with E-state index >= 15 is 4.39 Å². The molecule has 36 heavy (non-hydrogen) atoms. The number of rotatable bonds is 9. The van der Waals surface area contributed by atoms with E-state index in [0.717, 1.165) is 43.2 Å². The Morgan fingerprint density at radius 2 is 1.75 bits per heavy atom. The first-order valence-corrected chi connectivity index (χ1v) is 13.2. The lowest BCUT2D eigenvalue weighted by Crippen LogP contribution is -2.43. The molecular weight excluding hydrogens is 477 g/mol. The number of primary amides is 1. The summed E-state index contributed by atoms with van der Waals surface area (Å²) in [5.74, 6) is -1.06. The average molecular weight is 510 g/mol. The smallest absolute Gasteiger partial charge is 0.253 e. The van der Waals surface area contributed by atoms with Gasteiger partial charge >= 0.3 is 0 Å². The molecule has 2 N–H and O–H groups in total. The standard InChI is InChI=1S/C27H32FN5O2S/c1-3-32(4-2)27(35)19-5-8-21(9-6-19)33(24-17-20(26(29)34)7-10-23(24)28)22-11-14-31(15-12-22)18-25-30-13-16-36-25/h5-10,13,16-17,22H,3-4,11-12,14-15,18H2,1-2H3,(H2,29,34). The summed E-state index contributed by atoms with van der Waals surface area (Å²) in [7, 11) is 0. The van der Waals surface area contributed by atoms with Crippen LogP contribution < -0.4 is 10.6 Å². The van der Waals surface area contributed by atoms with Crippen molar-refractivity contribution in [3.05, 3.63) is 76.0 Å². The molecular formula is C27H32FN5O2S. The van der Waals surface area contributed by atoms with Crippen molar-refractivity contribution >= 4 is 34.5 Å². The first kappa shape index (κ1) is 25.8. The van der Waals surface area contributed by atoms with Gasteiger partial charge in [0.05, 0.1) is 12.2 Å². The minimum atomic E-state index is -0.602. The zero-order valence-electron chi connectivity index (χ0n) is 20.7. The van der Waals surface area contributed by atoms with Crippen LogP contribution in [0.4, 0.5) is 15.8 Å². The SMILES string of the molecule is CCN(CC)C(=O)c1ccc(N(c2cc(C(N)=O)ccc2F)C2CCN(Cc3nccs3)CC2)cc1. The van der Waals surface area contributed by atoms with Gasteiger partial charge in [0.2, 0.25) is 5.91 Å². The predicted molar refractivity (Wildman–Crippen MR) is 141 cm³/mol. The second kappa shape index (κ2) is 11.6. The van der Waals surface area contributed by atoms with Crippen molar-refractivity contribution < 1.29 is 14.0 Å². The zero-order valence-corrected chi connectivity index (χ0v) is 21.5. The Bertz CT molecular complexity index is 1170. The van der Waals surface area contributed by atoms with Crippen LogP contribution in [0.1, 0.15) is 52.4 Å². The molecule has 3 aromatic rings. The van der Waals surface area contributed by atoms with Gasteiger partial charge in [-0.2, -0.15) is 0 Å². The summed E-state index contributed by atoms with van der Waals surface area (Å²) in [6.07, 6.45) is 3.44. The number of benzene rings is 2. The monoisotopic (exact) mass is 509 g/mol. The molecule has 1 saturated heterocycles. The number of piperidine rings is 1. The highest BCUT2D eigenvalue weighted by molar-refractivity contribution is 7.09. The highest BCUT2D eigenvalue weighted by Crippen LogP contribution is 2.35. The molecule has 0 spiro atoms. The largest absolute Gasteiger partial charge is 0.366 e. The predicted octanol–water partition coefficient (Wildman–Crippen LogP) is 4.67. The van der Waals surface area contributed by atoms with Crippen LogP contribution in [0.2, 0.25) is 0 Å². The van der Waals surface area contributed by atoms with Crippen LogP contribution in [0.15, 0.2) is 54.0 Å². The molecule has 190 valence electrons. The van der Waals surface area contributed by atoms with Crippen molar-refractivity contribution in [3.8, 4) is 0 Å². The Kier molecular flexibility index (Phi) is 8.32. The van der Waals surface area contributed by atoms with Gasteiger partial charge in [-0.25, -0.2) is 9.37 Å². The number of anilines is 2. The number of hydrogen-bond donors (Lipinski definition) is 1.